The molecule has 0 saturated heterocycles. The van der Waals surface area contributed by atoms with Crippen molar-refractivity contribution in [1.82, 2.24) is 0 Å². The number of rotatable bonds is 2. The normalized spacial score (nSPS) is 11.0. The van der Waals surface area contributed by atoms with Crippen molar-refractivity contribution in [2.45, 2.75) is 6.18 Å². The summed E-state index contributed by atoms with van der Waals surface area (Å²) in [6.45, 7) is 0. The lowest BCUT2D eigenvalue weighted by molar-refractivity contribution is -0.137. The number of nitrogens with two attached hydrogens (primary N) is 1. The molecule has 0 heterocycles. The Morgan fingerprint density at radius 3 is 2.33 bits per heavy atom. The van der Waals surface area contributed by atoms with Gasteiger partial charge in [0, 0.05) is 3.57 Å². The van der Waals surface area contributed by atoms with Gasteiger partial charge in [-0.3, -0.25) is 0 Å². The highest BCUT2D eigenvalue weighted by molar-refractivity contribution is 14.1. The summed E-state index contributed by atoms with van der Waals surface area (Å²) in [6, 6.07) is 9.94. The molecule has 0 amide bonds. The number of benzene rings is 2. The summed E-state index contributed by atoms with van der Waals surface area (Å²) in [5.74, 6) is 0. The molecule has 0 bridgehead atoms. The predicted octanol–water partition coefficient (Wildman–Crippen LogP) is 4.51. The molecule has 3 nitrogen and oxygen atoms in total. The molecular weight excluding hydrogens is 394 g/mol. The average molecular weight is 403 g/mol. The predicted molar refractivity (Wildman–Crippen MR) is 83.0 cm³/mol. The molecule has 0 aliphatic carbocycles. The second-order valence-electron chi connectivity index (χ2n) is 4.23. The quantitative estimate of drug-likeness (QED) is 0.573. The van der Waals surface area contributed by atoms with E-state index in [2.05, 4.69) is 27.9 Å². The van der Waals surface area contributed by atoms with Crippen LogP contribution in [0.15, 0.2) is 36.4 Å². The largest absolute Gasteiger partial charge is 0.416 e. The number of nitrogens with one attached hydrogen (secondary N) is 1. The van der Waals surface area contributed by atoms with Crippen LogP contribution in [0.1, 0.15) is 11.1 Å². The standard InChI is InChI=1S/C14H9F3IN3/c15-14(16,17)9-1-3-12(8(5-9)7-19)21-13-4-2-10(18)6-11(13)20/h1-6,21H,20H2. The van der Waals surface area contributed by atoms with Gasteiger partial charge in [0.1, 0.15) is 6.07 Å². The van der Waals surface area contributed by atoms with Crippen LogP contribution in [0.25, 0.3) is 0 Å². The number of anilines is 3. The third-order valence-electron chi connectivity index (χ3n) is 2.75. The fraction of sp³-hybridized carbons (Fsp3) is 0.0714. The number of hydrogen-bond donors (Lipinski definition) is 2. The van der Waals surface area contributed by atoms with Crippen molar-refractivity contribution < 1.29 is 13.2 Å². The molecule has 0 aromatic heterocycles. The second kappa shape index (κ2) is 5.81. The molecule has 7 heteroatoms. The first kappa shape index (κ1) is 15.4. The molecular formula is C14H9F3IN3. The maximum absolute atomic E-state index is 12.6. The Bertz CT molecular complexity index is 720. The van der Waals surface area contributed by atoms with E-state index >= 15 is 0 Å². The molecule has 0 spiro atoms. The van der Waals surface area contributed by atoms with E-state index in [9.17, 15) is 13.2 Å². The van der Waals surface area contributed by atoms with Gasteiger partial charge in [-0.2, -0.15) is 18.4 Å². The Hall–Kier alpha value is -1.95. The van der Waals surface area contributed by atoms with Crippen LogP contribution in [0.5, 0.6) is 0 Å². The molecule has 0 fully saturated rings. The Morgan fingerprint density at radius 1 is 1.10 bits per heavy atom. The molecule has 0 unspecified atom stereocenters. The summed E-state index contributed by atoms with van der Waals surface area (Å²) in [6.07, 6.45) is -4.48. The zero-order valence-electron chi connectivity index (χ0n) is 10.5. The number of hydrogen-bond acceptors (Lipinski definition) is 3. The Labute approximate surface area is 132 Å². The second-order valence-corrected chi connectivity index (χ2v) is 5.47. The number of nitrogen functional groups attached to an aromatic ring is 1. The Balaban J connectivity index is 2.39. The van der Waals surface area contributed by atoms with Crippen LogP contribution in [0.4, 0.5) is 30.2 Å². The molecule has 3 N–H and O–H groups in total. The molecule has 2 aromatic rings. The van der Waals surface area contributed by atoms with E-state index in [1.807, 2.05) is 0 Å². The van der Waals surface area contributed by atoms with E-state index in [4.69, 9.17) is 11.0 Å². The molecule has 21 heavy (non-hydrogen) atoms. The van der Waals surface area contributed by atoms with E-state index in [-0.39, 0.29) is 11.3 Å². The van der Waals surface area contributed by atoms with Crippen molar-refractivity contribution in [2.75, 3.05) is 11.1 Å². The number of nitrogens with zero attached hydrogens (tertiary/aromatic N) is 1. The topological polar surface area (TPSA) is 61.8 Å². The summed E-state index contributed by atoms with van der Waals surface area (Å²) in [7, 11) is 0. The summed E-state index contributed by atoms with van der Waals surface area (Å²) in [4.78, 5) is 0. The first-order valence-corrected chi connectivity index (χ1v) is 6.82. The van der Waals surface area contributed by atoms with E-state index in [0.717, 1.165) is 15.7 Å². The highest BCUT2D eigenvalue weighted by Gasteiger charge is 2.31. The van der Waals surface area contributed by atoms with Crippen LogP contribution >= 0.6 is 22.6 Å². The minimum Gasteiger partial charge on any atom is -0.397 e. The van der Waals surface area contributed by atoms with Crippen molar-refractivity contribution in [3.05, 3.63) is 51.1 Å². The van der Waals surface area contributed by atoms with E-state index < -0.39 is 11.7 Å². The summed E-state index contributed by atoms with van der Waals surface area (Å²) >= 11 is 2.10. The van der Waals surface area contributed by atoms with Gasteiger partial charge >= 0.3 is 6.18 Å². The molecule has 0 radical (unpaired) electrons. The third kappa shape index (κ3) is 3.58. The van der Waals surface area contributed by atoms with Crippen LogP contribution < -0.4 is 11.1 Å². The smallest absolute Gasteiger partial charge is 0.397 e. The van der Waals surface area contributed by atoms with E-state index in [0.29, 0.717) is 11.4 Å². The van der Waals surface area contributed by atoms with Gasteiger partial charge in [0.25, 0.3) is 0 Å². The first-order valence-electron chi connectivity index (χ1n) is 5.74. The zero-order chi connectivity index (χ0) is 15.6. The SMILES string of the molecule is N#Cc1cc(C(F)(F)F)ccc1Nc1ccc(I)cc1N. The van der Waals surface area contributed by atoms with Crippen LogP contribution in [-0.4, -0.2) is 0 Å². The molecule has 2 aromatic carbocycles. The molecule has 0 aliphatic rings. The van der Waals surface area contributed by atoms with Crippen LogP contribution in [0.2, 0.25) is 0 Å². The van der Waals surface area contributed by atoms with Crippen molar-refractivity contribution in [3.8, 4) is 6.07 Å². The number of nitriles is 1. The summed E-state index contributed by atoms with van der Waals surface area (Å²) < 4.78 is 38.8. The lowest BCUT2D eigenvalue weighted by Crippen LogP contribution is -2.06. The van der Waals surface area contributed by atoms with Gasteiger partial charge in [0.15, 0.2) is 0 Å². The maximum atomic E-state index is 12.6. The van der Waals surface area contributed by atoms with Crippen molar-refractivity contribution in [1.29, 1.82) is 5.26 Å². The Morgan fingerprint density at radius 2 is 1.76 bits per heavy atom. The highest BCUT2D eigenvalue weighted by atomic mass is 127. The van der Waals surface area contributed by atoms with Gasteiger partial charge in [0.2, 0.25) is 0 Å². The molecule has 0 aliphatic heterocycles. The molecule has 2 rings (SSSR count). The molecule has 0 atom stereocenters. The fourth-order valence-corrected chi connectivity index (χ4v) is 2.23. The van der Waals surface area contributed by atoms with Crippen LogP contribution in [-0.2, 0) is 6.18 Å². The lowest BCUT2D eigenvalue weighted by atomic mass is 10.1. The van der Waals surface area contributed by atoms with E-state index in [1.165, 1.54) is 6.07 Å². The van der Waals surface area contributed by atoms with Gasteiger partial charge < -0.3 is 11.1 Å². The maximum Gasteiger partial charge on any atom is 0.416 e. The van der Waals surface area contributed by atoms with Crippen molar-refractivity contribution in [3.63, 3.8) is 0 Å². The third-order valence-corrected chi connectivity index (χ3v) is 3.42. The van der Waals surface area contributed by atoms with E-state index in [1.54, 1.807) is 24.3 Å². The minimum absolute atomic E-state index is 0.0947. The summed E-state index contributed by atoms with van der Waals surface area (Å²) in [5.41, 5.74) is 6.13. The zero-order valence-corrected chi connectivity index (χ0v) is 12.7. The van der Waals surface area contributed by atoms with Gasteiger partial charge in [-0.25, -0.2) is 0 Å². The van der Waals surface area contributed by atoms with Gasteiger partial charge in [-0.15, -0.1) is 0 Å². The summed E-state index contributed by atoms with van der Waals surface area (Å²) in [5, 5.41) is 11.9. The van der Waals surface area contributed by atoms with Crippen molar-refractivity contribution >= 4 is 39.7 Å². The van der Waals surface area contributed by atoms with Gasteiger partial charge in [-0.05, 0) is 59.0 Å². The highest BCUT2D eigenvalue weighted by Crippen LogP contribution is 2.33. The fourth-order valence-electron chi connectivity index (χ4n) is 1.71. The number of alkyl halides is 3. The lowest BCUT2D eigenvalue weighted by Gasteiger charge is -2.13. The molecule has 108 valence electrons. The van der Waals surface area contributed by atoms with Crippen LogP contribution in [0, 0.1) is 14.9 Å². The minimum atomic E-state index is -4.48. The van der Waals surface area contributed by atoms with Gasteiger partial charge in [0.05, 0.1) is 28.2 Å². The average Bonchev–Trinajstić information content (AvgIpc) is 2.41. The number of halogens is 4. The Kier molecular flexibility index (Phi) is 4.27. The van der Waals surface area contributed by atoms with Crippen molar-refractivity contribution in [2.24, 2.45) is 0 Å². The monoisotopic (exact) mass is 403 g/mol. The van der Waals surface area contributed by atoms with Crippen LogP contribution in [0.3, 0.4) is 0 Å². The van der Waals surface area contributed by atoms with Gasteiger partial charge in [-0.1, -0.05) is 0 Å². The first-order chi connectivity index (χ1) is 9.81. The molecule has 0 saturated carbocycles.